The van der Waals surface area contributed by atoms with Gasteiger partial charge in [0.05, 0.1) is 14.2 Å². The summed E-state index contributed by atoms with van der Waals surface area (Å²) in [5.41, 5.74) is -5.31. The van der Waals surface area contributed by atoms with Gasteiger partial charge in [-0.2, -0.15) is 21.6 Å². The lowest BCUT2D eigenvalue weighted by Crippen LogP contribution is -2.29. The Morgan fingerprint density at radius 3 is 2.41 bits per heavy atom. The Labute approximate surface area is 151 Å². The molecule has 0 fully saturated rings. The molecule has 0 saturated heterocycles. The van der Waals surface area contributed by atoms with E-state index in [-0.39, 0.29) is 12.2 Å². The summed E-state index contributed by atoms with van der Waals surface area (Å²) in [6, 6.07) is 1.65. The molecule has 1 rings (SSSR count). The molecular formula is C14H14F3NO8S. The highest BCUT2D eigenvalue weighted by molar-refractivity contribution is 7.88. The molecule has 0 N–H and O–H groups in total. The Hall–Kier alpha value is -2.83. The molecule has 1 aromatic rings. The number of alkyl halides is 3. The monoisotopic (exact) mass is 413 g/mol. The van der Waals surface area contributed by atoms with Crippen molar-refractivity contribution in [3.05, 3.63) is 40.0 Å². The molecule has 0 radical (unpaired) electrons. The van der Waals surface area contributed by atoms with Crippen molar-refractivity contribution >= 4 is 22.2 Å². The third-order valence-electron chi connectivity index (χ3n) is 3.07. The fourth-order valence-electron chi connectivity index (χ4n) is 1.76. The Morgan fingerprint density at radius 2 is 1.93 bits per heavy atom. The second kappa shape index (κ2) is 8.70. The number of rotatable bonds is 8. The smallest absolute Gasteiger partial charge is 0.493 e. The first-order valence-electron chi connectivity index (χ1n) is 6.99. The van der Waals surface area contributed by atoms with Crippen LogP contribution in [-0.4, -0.2) is 45.1 Å². The van der Waals surface area contributed by atoms with Crippen molar-refractivity contribution < 1.29 is 45.0 Å². The lowest BCUT2D eigenvalue weighted by atomic mass is 10.1. The van der Waals surface area contributed by atoms with Gasteiger partial charge in [0.15, 0.2) is 11.5 Å². The Bertz CT molecular complexity index is 835. The summed E-state index contributed by atoms with van der Waals surface area (Å²) in [6.07, 6.45) is 2.29. The number of hydrogen-bond acceptors (Lipinski definition) is 8. The zero-order valence-corrected chi connectivity index (χ0v) is 14.7. The maximum atomic E-state index is 12.4. The minimum absolute atomic E-state index is 0.301. The summed E-state index contributed by atoms with van der Waals surface area (Å²) in [4.78, 5) is 21.2. The molecule has 0 amide bonds. The summed E-state index contributed by atoms with van der Waals surface area (Å²) in [6.45, 7) is 0. The lowest BCUT2D eigenvalue weighted by molar-refractivity contribution is -0.509. The minimum atomic E-state index is -5.87. The Balaban J connectivity index is 3.00. The molecule has 0 saturated carbocycles. The van der Waals surface area contributed by atoms with Gasteiger partial charge in [-0.3, -0.25) is 10.1 Å². The van der Waals surface area contributed by atoms with Crippen LogP contribution in [0.5, 0.6) is 11.5 Å². The average Bonchev–Trinajstić information content (AvgIpc) is 2.57. The molecule has 0 spiro atoms. The van der Waals surface area contributed by atoms with E-state index in [1.807, 2.05) is 0 Å². The average molecular weight is 413 g/mol. The van der Waals surface area contributed by atoms with E-state index in [9.17, 15) is 36.5 Å². The van der Waals surface area contributed by atoms with Gasteiger partial charge in [-0.1, -0.05) is 18.2 Å². The maximum absolute atomic E-state index is 12.4. The lowest BCUT2D eigenvalue weighted by Gasteiger charge is -2.12. The summed E-state index contributed by atoms with van der Waals surface area (Å²) in [7, 11) is -3.79. The number of nitrogens with zero attached hydrogens (tertiary/aromatic N) is 1. The second-order valence-electron chi connectivity index (χ2n) is 4.86. The SMILES string of the molecule is COC(=O)C(C/C=C/c1ccc(OS(=O)(=O)C(F)(F)F)c(OC)c1)[N+](=O)[O-]. The highest BCUT2D eigenvalue weighted by Crippen LogP contribution is 2.33. The highest BCUT2D eigenvalue weighted by Gasteiger charge is 2.48. The number of ether oxygens (including phenoxy) is 2. The quantitative estimate of drug-likeness (QED) is 0.209. The third kappa shape index (κ3) is 5.84. The molecule has 1 unspecified atom stereocenters. The van der Waals surface area contributed by atoms with Crippen molar-refractivity contribution in [2.24, 2.45) is 0 Å². The number of esters is 1. The fourth-order valence-corrected chi connectivity index (χ4v) is 2.23. The predicted octanol–water partition coefficient (Wildman–Crippen LogP) is 2.15. The van der Waals surface area contributed by atoms with E-state index in [1.54, 1.807) is 0 Å². The van der Waals surface area contributed by atoms with Gasteiger partial charge in [-0.05, 0) is 17.7 Å². The van der Waals surface area contributed by atoms with Crippen LogP contribution < -0.4 is 8.92 Å². The molecule has 0 aromatic heterocycles. The molecule has 0 aliphatic carbocycles. The van der Waals surface area contributed by atoms with Crippen molar-refractivity contribution in [3.8, 4) is 11.5 Å². The molecule has 0 bridgehead atoms. The van der Waals surface area contributed by atoms with Gasteiger partial charge in [0, 0.05) is 11.3 Å². The molecule has 0 aliphatic rings. The number of carbonyl (C=O) groups is 1. The van der Waals surface area contributed by atoms with Crippen molar-refractivity contribution in [2.45, 2.75) is 18.0 Å². The molecule has 1 atom stereocenters. The minimum Gasteiger partial charge on any atom is -0.493 e. The summed E-state index contributed by atoms with van der Waals surface area (Å²) < 4.78 is 72.3. The zero-order chi connectivity index (χ0) is 20.8. The largest absolute Gasteiger partial charge is 0.534 e. The van der Waals surface area contributed by atoms with Gasteiger partial charge in [-0.25, -0.2) is 4.79 Å². The van der Waals surface area contributed by atoms with E-state index >= 15 is 0 Å². The second-order valence-corrected chi connectivity index (χ2v) is 6.39. The number of halogens is 3. The molecule has 0 heterocycles. The van der Waals surface area contributed by atoms with E-state index in [0.29, 0.717) is 5.56 Å². The molecule has 13 heteroatoms. The van der Waals surface area contributed by atoms with Gasteiger partial charge in [-0.15, -0.1) is 0 Å². The Kier molecular flexibility index (Phi) is 7.16. The maximum Gasteiger partial charge on any atom is 0.534 e. The van der Waals surface area contributed by atoms with Crippen LogP contribution in [0.15, 0.2) is 24.3 Å². The molecule has 27 heavy (non-hydrogen) atoms. The van der Waals surface area contributed by atoms with Crippen LogP contribution in [0.2, 0.25) is 0 Å². The van der Waals surface area contributed by atoms with Gasteiger partial charge < -0.3 is 13.7 Å². The van der Waals surface area contributed by atoms with E-state index in [4.69, 9.17) is 4.74 Å². The van der Waals surface area contributed by atoms with Crippen molar-refractivity contribution in [1.82, 2.24) is 0 Å². The van der Waals surface area contributed by atoms with Crippen LogP contribution in [0.1, 0.15) is 12.0 Å². The Morgan fingerprint density at radius 1 is 1.30 bits per heavy atom. The summed E-state index contributed by atoms with van der Waals surface area (Å²) >= 11 is 0. The van der Waals surface area contributed by atoms with Crippen LogP contribution in [0.4, 0.5) is 13.2 Å². The van der Waals surface area contributed by atoms with Crippen LogP contribution in [0, 0.1) is 10.1 Å². The van der Waals surface area contributed by atoms with Crippen LogP contribution in [0.3, 0.4) is 0 Å². The molecule has 9 nitrogen and oxygen atoms in total. The molecule has 0 aliphatic heterocycles. The standard InChI is InChI=1S/C14H14F3NO8S/c1-24-12-8-9(4-3-5-10(18(20)21)13(19)25-2)6-7-11(12)26-27(22,23)14(15,16)17/h3-4,6-8,10H,5H2,1-2H3/b4-3+. The van der Waals surface area contributed by atoms with Gasteiger partial charge >= 0.3 is 27.6 Å². The highest BCUT2D eigenvalue weighted by atomic mass is 32.2. The van der Waals surface area contributed by atoms with E-state index in [0.717, 1.165) is 26.4 Å². The van der Waals surface area contributed by atoms with Crippen LogP contribution in [0.25, 0.3) is 6.08 Å². The number of nitro groups is 1. The number of methoxy groups -OCH3 is 2. The fraction of sp³-hybridized carbons (Fsp3) is 0.357. The first-order chi connectivity index (χ1) is 12.4. The number of carbonyl (C=O) groups excluding carboxylic acids is 1. The van der Waals surface area contributed by atoms with Crippen LogP contribution >= 0.6 is 0 Å². The van der Waals surface area contributed by atoms with Crippen molar-refractivity contribution in [1.29, 1.82) is 0 Å². The third-order valence-corrected chi connectivity index (χ3v) is 4.03. The van der Waals surface area contributed by atoms with Gasteiger partial charge in [0.25, 0.3) is 0 Å². The summed E-state index contributed by atoms with van der Waals surface area (Å²) in [5.74, 6) is -2.04. The molecular weight excluding hydrogens is 399 g/mol. The van der Waals surface area contributed by atoms with E-state index < -0.39 is 38.3 Å². The molecule has 150 valence electrons. The number of hydrogen-bond donors (Lipinski definition) is 0. The first kappa shape index (κ1) is 22.2. The van der Waals surface area contributed by atoms with E-state index in [1.165, 1.54) is 18.2 Å². The zero-order valence-electron chi connectivity index (χ0n) is 13.9. The number of benzene rings is 1. The normalized spacial score (nSPS) is 13.2. The van der Waals surface area contributed by atoms with E-state index in [2.05, 4.69) is 8.92 Å². The first-order valence-corrected chi connectivity index (χ1v) is 8.40. The predicted molar refractivity (Wildman–Crippen MR) is 85.0 cm³/mol. The topological polar surface area (TPSA) is 122 Å². The molecule has 1 aromatic carbocycles. The van der Waals surface area contributed by atoms with Gasteiger partial charge in [0.1, 0.15) is 0 Å². The van der Waals surface area contributed by atoms with Crippen molar-refractivity contribution in [2.75, 3.05) is 14.2 Å². The van der Waals surface area contributed by atoms with Crippen LogP contribution in [-0.2, 0) is 19.6 Å². The summed E-state index contributed by atoms with van der Waals surface area (Å²) in [5, 5.41) is 10.8. The van der Waals surface area contributed by atoms with Crippen molar-refractivity contribution in [3.63, 3.8) is 0 Å². The van der Waals surface area contributed by atoms with Gasteiger partial charge in [0.2, 0.25) is 0 Å².